The summed E-state index contributed by atoms with van der Waals surface area (Å²) >= 11 is 0. The summed E-state index contributed by atoms with van der Waals surface area (Å²) in [6, 6.07) is 5.66. The Hall–Kier alpha value is -1.95. The average molecular weight is 278 g/mol. The minimum Gasteiger partial charge on any atom is -0.479 e. The molecule has 2 heterocycles. The summed E-state index contributed by atoms with van der Waals surface area (Å²) in [5, 5.41) is 8.85. The fourth-order valence-corrected chi connectivity index (χ4v) is 2.18. The average Bonchev–Trinajstić information content (AvgIpc) is 2.95. The SMILES string of the molecule is CN(CCc1ccccn1)C(=O)[C@@H]1CC[C@H](C(=O)O)O1. The number of rotatable bonds is 5. The molecule has 2 rings (SSSR count). The zero-order valence-electron chi connectivity index (χ0n) is 11.4. The van der Waals surface area contributed by atoms with E-state index in [9.17, 15) is 9.59 Å². The van der Waals surface area contributed by atoms with Crippen LogP contribution in [0.15, 0.2) is 24.4 Å². The van der Waals surface area contributed by atoms with E-state index in [1.165, 1.54) is 0 Å². The van der Waals surface area contributed by atoms with Crippen molar-refractivity contribution in [1.82, 2.24) is 9.88 Å². The molecule has 0 radical (unpaired) electrons. The van der Waals surface area contributed by atoms with Gasteiger partial charge in [-0.15, -0.1) is 0 Å². The zero-order chi connectivity index (χ0) is 14.5. The summed E-state index contributed by atoms with van der Waals surface area (Å²) in [7, 11) is 1.70. The van der Waals surface area contributed by atoms with Crippen LogP contribution in [0.3, 0.4) is 0 Å². The molecule has 1 amide bonds. The molecule has 0 spiro atoms. The molecule has 1 aromatic heterocycles. The van der Waals surface area contributed by atoms with Crippen LogP contribution < -0.4 is 0 Å². The summed E-state index contributed by atoms with van der Waals surface area (Å²) in [4.78, 5) is 28.7. The molecule has 1 N–H and O–H groups in total. The molecule has 0 unspecified atom stereocenters. The van der Waals surface area contributed by atoms with Gasteiger partial charge in [0, 0.05) is 31.9 Å². The van der Waals surface area contributed by atoms with Gasteiger partial charge in [0.05, 0.1) is 0 Å². The number of pyridine rings is 1. The third-order valence-electron chi connectivity index (χ3n) is 3.38. The van der Waals surface area contributed by atoms with Crippen LogP contribution in [0.25, 0.3) is 0 Å². The Morgan fingerprint density at radius 1 is 1.40 bits per heavy atom. The van der Waals surface area contributed by atoms with Gasteiger partial charge in [-0.2, -0.15) is 0 Å². The Bertz CT molecular complexity index is 477. The maximum absolute atomic E-state index is 12.1. The van der Waals surface area contributed by atoms with E-state index in [4.69, 9.17) is 9.84 Å². The van der Waals surface area contributed by atoms with Crippen molar-refractivity contribution in [3.05, 3.63) is 30.1 Å². The summed E-state index contributed by atoms with van der Waals surface area (Å²) in [5.74, 6) is -1.17. The largest absolute Gasteiger partial charge is 0.479 e. The van der Waals surface area contributed by atoms with E-state index in [0.29, 0.717) is 25.8 Å². The summed E-state index contributed by atoms with van der Waals surface area (Å²) in [5.41, 5.74) is 0.919. The van der Waals surface area contributed by atoms with Crippen LogP contribution in [0.1, 0.15) is 18.5 Å². The number of likely N-dealkylation sites (N-methyl/N-ethyl adjacent to an activating group) is 1. The number of ether oxygens (including phenoxy) is 1. The lowest BCUT2D eigenvalue weighted by Gasteiger charge is -2.20. The van der Waals surface area contributed by atoms with E-state index in [0.717, 1.165) is 5.69 Å². The lowest BCUT2D eigenvalue weighted by atomic mass is 10.1. The summed E-state index contributed by atoms with van der Waals surface area (Å²) in [6.07, 6.45) is 1.74. The number of carbonyl (C=O) groups excluding carboxylic acids is 1. The Morgan fingerprint density at radius 3 is 2.75 bits per heavy atom. The molecule has 1 fully saturated rings. The van der Waals surface area contributed by atoms with Gasteiger partial charge in [0.25, 0.3) is 5.91 Å². The van der Waals surface area contributed by atoms with E-state index >= 15 is 0 Å². The molecule has 0 saturated carbocycles. The van der Waals surface area contributed by atoms with E-state index in [-0.39, 0.29) is 5.91 Å². The van der Waals surface area contributed by atoms with E-state index in [1.807, 2.05) is 18.2 Å². The smallest absolute Gasteiger partial charge is 0.332 e. The maximum atomic E-state index is 12.1. The van der Waals surface area contributed by atoms with Gasteiger partial charge in [-0.05, 0) is 25.0 Å². The van der Waals surface area contributed by atoms with Crippen molar-refractivity contribution in [3.8, 4) is 0 Å². The Kier molecular flexibility index (Phi) is 4.68. The first-order chi connectivity index (χ1) is 9.58. The van der Waals surface area contributed by atoms with Crippen molar-refractivity contribution in [1.29, 1.82) is 0 Å². The minimum atomic E-state index is -1.00. The second-order valence-corrected chi connectivity index (χ2v) is 4.86. The second kappa shape index (κ2) is 6.47. The van der Waals surface area contributed by atoms with Gasteiger partial charge in [-0.1, -0.05) is 6.07 Å². The van der Waals surface area contributed by atoms with Crippen molar-refractivity contribution in [2.45, 2.75) is 31.5 Å². The standard InChI is InChI=1S/C14H18N2O4/c1-16(9-7-10-4-2-3-8-15-10)13(17)11-5-6-12(20-11)14(18)19/h2-4,8,11-12H,5-7,9H2,1H3,(H,18,19)/t11-,12+/m0/s1. The molecular weight excluding hydrogens is 260 g/mol. The van der Waals surface area contributed by atoms with Gasteiger partial charge in [0.1, 0.15) is 6.10 Å². The van der Waals surface area contributed by atoms with Crippen molar-refractivity contribution < 1.29 is 19.4 Å². The number of carbonyl (C=O) groups is 2. The predicted octanol–water partition coefficient (Wildman–Crippen LogP) is 0.715. The molecule has 0 aromatic carbocycles. The highest BCUT2D eigenvalue weighted by Gasteiger charge is 2.35. The highest BCUT2D eigenvalue weighted by molar-refractivity contribution is 5.82. The number of carboxylic acids is 1. The molecule has 1 aromatic rings. The molecule has 2 atom stereocenters. The van der Waals surface area contributed by atoms with Gasteiger partial charge >= 0.3 is 5.97 Å². The molecule has 0 aliphatic carbocycles. The summed E-state index contributed by atoms with van der Waals surface area (Å²) < 4.78 is 5.25. The van der Waals surface area contributed by atoms with E-state index in [1.54, 1.807) is 18.1 Å². The van der Waals surface area contributed by atoms with Crippen molar-refractivity contribution in [2.24, 2.45) is 0 Å². The molecular formula is C14H18N2O4. The van der Waals surface area contributed by atoms with Crippen LogP contribution in [0.5, 0.6) is 0 Å². The molecule has 6 heteroatoms. The fourth-order valence-electron chi connectivity index (χ4n) is 2.18. The summed E-state index contributed by atoms with van der Waals surface area (Å²) in [6.45, 7) is 0.535. The minimum absolute atomic E-state index is 0.162. The third-order valence-corrected chi connectivity index (χ3v) is 3.38. The lowest BCUT2D eigenvalue weighted by Crippen LogP contribution is -2.38. The Labute approximate surface area is 117 Å². The first-order valence-electron chi connectivity index (χ1n) is 6.61. The van der Waals surface area contributed by atoms with Gasteiger partial charge in [0.2, 0.25) is 0 Å². The van der Waals surface area contributed by atoms with Crippen LogP contribution in [-0.2, 0) is 20.7 Å². The molecule has 0 bridgehead atoms. The fraction of sp³-hybridized carbons (Fsp3) is 0.500. The Morgan fingerprint density at radius 2 is 2.15 bits per heavy atom. The van der Waals surface area contributed by atoms with Crippen molar-refractivity contribution >= 4 is 11.9 Å². The molecule has 1 aliphatic rings. The number of amides is 1. The molecule has 20 heavy (non-hydrogen) atoms. The quantitative estimate of drug-likeness (QED) is 0.858. The van der Waals surface area contributed by atoms with Gasteiger partial charge in [-0.25, -0.2) is 4.79 Å². The molecule has 6 nitrogen and oxygen atoms in total. The van der Waals surface area contributed by atoms with Gasteiger partial charge < -0.3 is 14.7 Å². The van der Waals surface area contributed by atoms with Crippen LogP contribution in [-0.4, -0.2) is 52.7 Å². The zero-order valence-corrected chi connectivity index (χ0v) is 11.4. The molecule has 1 saturated heterocycles. The first kappa shape index (κ1) is 14.5. The Balaban J connectivity index is 1.82. The topological polar surface area (TPSA) is 79.7 Å². The van der Waals surface area contributed by atoms with Crippen LogP contribution in [0.4, 0.5) is 0 Å². The molecule has 1 aliphatic heterocycles. The third kappa shape index (κ3) is 3.54. The van der Waals surface area contributed by atoms with Gasteiger partial charge in [-0.3, -0.25) is 9.78 Å². The number of hydrogen-bond donors (Lipinski definition) is 1. The van der Waals surface area contributed by atoms with Crippen LogP contribution >= 0.6 is 0 Å². The number of aliphatic carboxylic acids is 1. The number of nitrogens with zero attached hydrogens (tertiary/aromatic N) is 2. The lowest BCUT2D eigenvalue weighted by molar-refractivity contribution is -0.154. The second-order valence-electron chi connectivity index (χ2n) is 4.86. The number of aromatic nitrogens is 1. The number of hydrogen-bond acceptors (Lipinski definition) is 4. The molecule has 108 valence electrons. The monoisotopic (exact) mass is 278 g/mol. The van der Waals surface area contributed by atoms with Crippen LogP contribution in [0.2, 0.25) is 0 Å². The van der Waals surface area contributed by atoms with Crippen molar-refractivity contribution in [2.75, 3.05) is 13.6 Å². The first-order valence-corrected chi connectivity index (χ1v) is 6.61. The maximum Gasteiger partial charge on any atom is 0.332 e. The normalized spacial score (nSPS) is 21.6. The highest BCUT2D eigenvalue weighted by Crippen LogP contribution is 2.21. The predicted molar refractivity (Wildman–Crippen MR) is 71.1 cm³/mol. The van der Waals surface area contributed by atoms with Crippen molar-refractivity contribution in [3.63, 3.8) is 0 Å². The number of carboxylic acid groups (broad SMARTS) is 1. The van der Waals surface area contributed by atoms with E-state index < -0.39 is 18.2 Å². The highest BCUT2D eigenvalue weighted by atomic mass is 16.5. The van der Waals surface area contributed by atoms with Crippen LogP contribution in [0, 0.1) is 0 Å². The van der Waals surface area contributed by atoms with E-state index in [2.05, 4.69) is 4.98 Å². The van der Waals surface area contributed by atoms with Gasteiger partial charge in [0.15, 0.2) is 6.10 Å².